The molecule has 0 fully saturated rings. The maximum Gasteiger partial charge on any atom is 0.143 e. The number of nitrogen functional groups attached to an aromatic ring is 1. The number of anilines is 1. The minimum absolute atomic E-state index is 0.00451. The average Bonchev–Trinajstić information content (AvgIpc) is 2.56. The molecule has 4 nitrogen and oxygen atoms in total. The van der Waals surface area contributed by atoms with Gasteiger partial charge < -0.3 is 20.6 Å². The highest BCUT2D eigenvalue weighted by molar-refractivity contribution is 5.98. The van der Waals surface area contributed by atoms with E-state index < -0.39 is 0 Å². The smallest absolute Gasteiger partial charge is 0.143 e. The fourth-order valence-corrected chi connectivity index (χ4v) is 1.87. The number of rotatable bonds is 3. The summed E-state index contributed by atoms with van der Waals surface area (Å²) in [7, 11) is 0. The maximum atomic E-state index is 8.75. The largest absolute Gasteiger partial charge is 0.489 e. The Labute approximate surface area is 94.0 Å². The molecule has 0 atom stereocenters. The maximum absolute atomic E-state index is 8.75. The van der Waals surface area contributed by atoms with Crippen molar-refractivity contribution in [2.24, 2.45) is 0 Å². The molecule has 0 aliphatic rings. The van der Waals surface area contributed by atoms with Crippen molar-refractivity contribution in [1.29, 1.82) is 0 Å². The summed E-state index contributed by atoms with van der Waals surface area (Å²) in [6.45, 7) is 4.33. The minimum atomic E-state index is 0.00451. The Bertz CT molecular complexity index is 517. The zero-order chi connectivity index (χ0) is 11.7. The molecule has 0 saturated carbocycles. The third-order valence-corrected chi connectivity index (χ3v) is 2.80. The number of aromatic amines is 1. The first-order valence-electron chi connectivity index (χ1n) is 5.26. The highest BCUT2D eigenvalue weighted by atomic mass is 16.5. The quantitative estimate of drug-likeness (QED) is 0.690. The SMILES string of the molecule is Cc1[nH]c2c(OCCO)ccc(N)c2c1C. The summed E-state index contributed by atoms with van der Waals surface area (Å²) >= 11 is 0. The minimum Gasteiger partial charge on any atom is -0.489 e. The van der Waals surface area contributed by atoms with Crippen LogP contribution in [-0.4, -0.2) is 23.3 Å². The van der Waals surface area contributed by atoms with E-state index in [9.17, 15) is 0 Å². The molecule has 0 aliphatic heterocycles. The number of aryl methyl sites for hydroxylation is 2. The van der Waals surface area contributed by atoms with Gasteiger partial charge in [-0.15, -0.1) is 0 Å². The van der Waals surface area contributed by atoms with Crippen LogP contribution >= 0.6 is 0 Å². The number of nitrogens with one attached hydrogen (secondary N) is 1. The van der Waals surface area contributed by atoms with E-state index in [2.05, 4.69) is 4.98 Å². The van der Waals surface area contributed by atoms with Crippen molar-refractivity contribution >= 4 is 16.6 Å². The Morgan fingerprint density at radius 1 is 1.38 bits per heavy atom. The van der Waals surface area contributed by atoms with Crippen LogP contribution in [0.2, 0.25) is 0 Å². The van der Waals surface area contributed by atoms with Gasteiger partial charge in [0.1, 0.15) is 12.4 Å². The molecule has 0 bridgehead atoms. The zero-order valence-corrected chi connectivity index (χ0v) is 9.50. The Morgan fingerprint density at radius 2 is 2.12 bits per heavy atom. The third-order valence-electron chi connectivity index (χ3n) is 2.80. The van der Waals surface area contributed by atoms with Crippen LogP contribution in [0.15, 0.2) is 12.1 Å². The number of H-pyrrole nitrogens is 1. The normalized spacial score (nSPS) is 10.9. The average molecular weight is 220 g/mol. The monoisotopic (exact) mass is 220 g/mol. The Balaban J connectivity index is 2.60. The predicted octanol–water partition coefficient (Wildman–Crippen LogP) is 1.74. The summed E-state index contributed by atoms with van der Waals surface area (Å²) in [5, 5.41) is 9.76. The van der Waals surface area contributed by atoms with Gasteiger partial charge >= 0.3 is 0 Å². The molecule has 0 radical (unpaired) electrons. The number of nitrogens with two attached hydrogens (primary N) is 1. The van der Waals surface area contributed by atoms with Gasteiger partial charge in [0.15, 0.2) is 0 Å². The molecule has 1 aromatic heterocycles. The molecular formula is C12H16N2O2. The molecule has 0 aliphatic carbocycles. The highest BCUT2D eigenvalue weighted by Gasteiger charge is 2.11. The van der Waals surface area contributed by atoms with E-state index in [4.69, 9.17) is 15.6 Å². The summed E-state index contributed by atoms with van der Waals surface area (Å²) in [6.07, 6.45) is 0. The number of hydrogen-bond acceptors (Lipinski definition) is 3. The number of fused-ring (bicyclic) bond motifs is 1. The highest BCUT2D eigenvalue weighted by Crippen LogP contribution is 2.33. The number of aliphatic hydroxyl groups excluding tert-OH is 1. The summed E-state index contributed by atoms with van der Waals surface area (Å²) in [6, 6.07) is 3.65. The second-order valence-electron chi connectivity index (χ2n) is 3.85. The van der Waals surface area contributed by atoms with Crippen LogP contribution < -0.4 is 10.5 Å². The molecule has 0 spiro atoms. The molecule has 2 aromatic rings. The number of ether oxygens (including phenoxy) is 1. The van der Waals surface area contributed by atoms with Gasteiger partial charge in [0.25, 0.3) is 0 Å². The molecule has 1 aromatic carbocycles. The first-order valence-corrected chi connectivity index (χ1v) is 5.26. The topological polar surface area (TPSA) is 71.3 Å². The molecule has 4 heteroatoms. The van der Waals surface area contributed by atoms with Crippen LogP contribution in [0.1, 0.15) is 11.3 Å². The van der Waals surface area contributed by atoms with Gasteiger partial charge in [0.05, 0.1) is 12.1 Å². The summed E-state index contributed by atoms with van der Waals surface area (Å²) in [5.74, 6) is 0.731. The van der Waals surface area contributed by atoms with E-state index in [0.717, 1.165) is 33.6 Å². The fraction of sp³-hybridized carbons (Fsp3) is 0.333. The van der Waals surface area contributed by atoms with Crippen LogP contribution in [0, 0.1) is 13.8 Å². The van der Waals surface area contributed by atoms with Crippen molar-refractivity contribution in [3.8, 4) is 5.75 Å². The Hall–Kier alpha value is -1.68. The summed E-state index contributed by atoms with van der Waals surface area (Å²) < 4.78 is 5.45. The molecule has 2 rings (SSSR count). The van der Waals surface area contributed by atoms with E-state index in [1.807, 2.05) is 26.0 Å². The van der Waals surface area contributed by atoms with Gasteiger partial charge in [-0.25, -0.2) is 0 Å². The fourth-order valence-electron chi connectivity index (χ4n) is 1.87. The molecule has 0 saturated heterocycles. The number of aromatic nitrogens is 1. The predicted molar refractivity (Wildman–Crippen MR) is 64.8 cm³/mol. The lowest BCUT2D eigenvalue weighted by Crippen LogP contribution is -2.02. The van der Waals surface area contributed by atoms with E-state index >= 15 is 0 Å². The summed E-state index contributed by atoms with van der Waals surface area (Å²) in [4.78, 5) is 3.26. The van der Waals surface area contributed by atoms with Crippen molar-refractivity contribution in [2.45, 2.75) is 13.8 Å². The Morgan fingerprint density at radius 3 is 2.81 bits per heavy atom. The van der Waals surface area contributed by atoms with Gasteiger partial charge in [-0.05, 0) is 31.5 Å². The van der Waals surface area contributed by atoms with Crippen LogP contribution in [0.4, 0.5) is 5.69 Å². The Kier molecular flexibility index (Phi) is 2.75. The lowest BCUT2D eigenvalue weighted by molar-refractivity contribution is 0.202. The van der Waals surface area contributed by atoms with Crippen molar-refractivity contribution in [2.75, 3.05) is 18.9 Å². The number of hydrogen-bond donors (Lipinski definition) is 3. The molecule has 1 heterocycles. The molecule has 16 heavy (non-hydrogen) atoms. The second-order valence-corrected chi connectivity index (χ2v) is 3.85. The number of benzene rings is 1. The van der Waals surface area contributed by atoms with Crippen molar-refractivity contribution in [3.05, 3.63) is 23.4 Å². The third kappa shape index (κ3) is 1.61. The van der Waals surface area contributed by atoms with E-state index in [-0.39, 0.29) is 13.2 Å². The molecule has 0 unspecified atom stereocenters. The summed E-state index contributed by atoms with van der Waals surface area (Å²) in [5.41, 5.74) is 9.82. The van der Waals surface area contributed by atoms with Crippen LogP contribution in [-0.2, 0) is 0 Å². The van der Waals surface area contributed by atoms with Gasteiger partial charge in [-0.2, -0.15) is 0 Å². The van der Waals surface area contributed by atoms with Crippen molar-refractivity contribution in [1.82, 2.24) is 4.98 Å². The van der Waals surface area contributed by atoms with Crippen LogP contribution in [0.3, 0.4) is 0 Å². The first-order chi connectivity index (χ1) is 7.65. The van der Waals surface area contributed by atoms with Gasteiger partial charge in [0, 0.05) is 16.8 Å². The lowest BCUT2D eigenvalue weighted by atomic mass is 10.1. The molecule has 0 amide bonds. The van der Waals surface area contributed by atoms with Gasteiger partial charge in [0.2, 0.25) is 0 Å². The number of aliphatic hydroxyl groups is 1. The van der Waals surface area contributed by atoms with E-state index in [0.29, 0.717) is 0 Å². The lowest BCUT2D eigenvalue weighted by Gasteiger charge is -2.07. The van der Waals surface area contributed by atoms with E-state index in [1.165, 1.54) is 0 Å². The first kappa shape index (κ1) is 10.8. The zero-order valence-electron chi connectivity index (χ0n) is 9.50. The van der Waals surface area contributed by atoms with Crippen LogP contribution in [0.25, 0.3) is 10.9 Å². The second kappa shape index (κ2) is 4.06. The van der Waals surface area contributed by atoms with E-state index in [1.54, 1.807) is 0 Å². The van der Waals surface area contributed by atoms with Crippen molar-refractivity contribution in [3.63, 3.8) is 0 Å². The molecule has 86 valence electrons. The molecule has 4 N–H and O–H groups in total. The van der Waals surface area contributed by atoms with Gasteiger partial charge in [-0.1, -0.05) is 0 Å². The van der Waals surface area contributed by atoms with Crippen LogP contribution in [0.5, 0.6) is 5.75 Å². The molecular weight excluding hydrogens is 204 g/mol. The standard InChI is InChI=1S/C12H16N2O2/c1-7-8(2)14-12-10(16-6-5-15)4-3-9(13)11(7)12/h3-4,14-15H,5-6,13H2,1-2H3. The van der Waals surface area contributed by atoms with Crippen molar-refractivity contribution < 1.29 is 9.84 Å². The van der Waals surface area contributed by atoms with Gasteiger partial charge in [-0.3, -0.25) is 0 Å².